The van der Waals surface area contributed by atoms with Crippen LogP contribution >= 0.6 is 0 Å². The van der Waals surface area contributed by atoms with Gasteiger partial charge in [-0.3, -0.25) is 5.32 Å². The maximum Gasteiger partial charge on any atom is 0.101 e. The van der Waals surface area contributed by atoms with E-state index in [1.807, 2.05) is 0 Å². The van der Waals surface area contributed by atoms with Crippen LogP contribution in [0.15, 0.2) is 0 Å². The first-order valence-electron chi connectivity index (χ1n) is 3.66. The molecule has 0 aromatic carbocycles. The van der Waals surface area contributed by atoms with E-state index in [9.17, 15) is 0 Å². The third-order valence-corrected chi connectivity index (χ3v) is 2.37. The Morgan fingerprint density at radius 3 is 3.30 bits per heavy atom. The molecule has 2 fully saturated rings. The predicted octanol–water partition coefficient (Wildman–Crippen LogP) is -0.113. The van der Waals surface area contributed by atoms with Crippen molar-refractivity contribution in [3.8, 4) is 6.07 Å². The Balaban J connectivity index is 2.10. The van der Waals surface area contributed by atoms with Crippen LogP contribution in [-0.4, -0.2) is 25.3 Å². The van der Waals surface area contributed by atoms with E-state index in [2.05, 4.69) is 11.4 Å². The van der Waals surface area contributed by atoms with Crippen molar-refractivity contribution in [2.24, 2.45) is 5.92 Å². The van der Waals surface area contributed by atoms with Crippen LogP contribution in [0.2, 0.25) is 0 Å². The smallest absolute Gasteiger partial charge is 0.101 e. The van der Waals surface area contributed by atoms with Gasteiger partial charge in [-0.1, -0.05) is 0 Å². The average Bonchev–Trinajstić information content (AvgIpc) is 2.44. The van der Waals surface area contributed by atoms with Crippen molar-refractivity contribution in [3.63, 3.8) is 0 Å². The van der Waals surface area contributed by atoms with Crippen molar-refractivity contribution in [2.45, 2.75) is 18.6 Å². The molecule has 0 aromatic heterocycles. The van der Waals surface area contributed by atoms with E-state index < -0.39 is 0 Å². The van der Waals surface area contributed by atoms with E-state index in [0.29, 0.717) is 12.0 Å². The molecule has 0 amide bonds. The van der Waals surface area contributed by atoms with Crippen molar-refractivity contribution < 1.29 is 4.74 Å². The van der Waals surface area contributed by atoms with Crippen LogP contribution < -0.4 is 5.32 Å². The SMILES string of the molecule is N#CC1NCC2OCCC12. The summed E-state index contributed by atoms with van der Waals surface area (Å²) in [5.74, 6) is 0.463. The zero-order valence-corrected chi connectivity index (χ0v) is 5.71. The molecular formula is C7H10N2O. The molecule has 2 aliphatic rings. The molecule has 0 aromatic rings. The molecule has 2 saturated heterocycles. The van der Waals surface area contributed by atoms with Gasteiger partial charge in [0.2, 0.25) is 0 Å². The van der Waals surface area contributed by atoms with E-state index in [0.717, 1.165) is 19.6 Å². The molecule has 0 spiro atoms. The first-order valence-corrected chi connectivity index (χ1v) is 3.66. The van der Waals surface area contributed by atoms with Crippen LogP contribution in [0.1, 0.15) is 6.42 Å². The van der Waals surface area contributed by atoms with E-state index in [1.54, 1.807) is 0 Å². The van der Waals surface area contributed by atoms with Gasteiger partial charge in [-0.25, -0.2) is 0 Å². The summed E-state index contributed by atoms with van der Waals surface area (Å²) in [6.07, 6.45) is 1.38. The second-order valence-corrected chi connectivity index (χ2v) is 2.88. The normalized spacial score (nSPS) is 44.9. The lowest BCUT2D eigenvalue weighted by Gasteiger charge is -2.06. The molecular weight excluding hydrogens is 128 g/mol. The summed E-state index contributed by atoms with van der Waals surface area (Å²) in [5, 5.41) is 11.8. The van der Waals surface area contributed by atoms with E-state index >= 15 is 0 Å². The molecule has 10 heavy (non-hydrogen) atoms. The fourth-order valence-corrected chi connectivity index (χ4v) is 1.79. The number of nitriles is 1. The summed E-state index contributed by atoms with van der Waals surface area (Å²) in [6, 6.07) is 2.29. The number of fused-ring (bicyclic) bond motifs is 1. The lowest BCUT2D eigenvalue weighted by molar-refractivity contribution is 0.111. The summed E-state index contributed by atoms with van der Waals surface area (Å²) >= 11 is 0. The van der Waals surface area contributed by atoms with E-state index in [-0.39, 0.29) is 6.04 Å². The lowest BCUT2D eigenvalue weighted by Crippen LogP contribution is -2.24. The van der Waals surface area contributed by atoms with Gasteiger partial charge in [-0.2, -0.15) is 5.26 Å². The highest BCUT2D eigenvalue weighted by Crippen LogP contribution is 2.27. The Labute approximate surface area is 60.0 Å². The third kappa shape index (κ3) is 0.731. The summed E-state index contributed by atoms with van der Waals surface area (Å²) in [4.78, 5) is 0. The maximum absolute atomic E-state index is 8.65. The largest absolute Gasteiger partial charge is 0.376 e. The van der Waals surface area contributed by atoms with Crippen LogP contribution in [0.25, 0.3) is 0 Å². The van der Waals surface area contributed by atoms with E-state index in [1.165, 1.54) is 0 Å². The lowest BCUT2D eigenvalue weighted by atomic mass is 9.99. The molecule has 54 valence electrons. The number of rotatable bonds is 0. The highest BCUT2D eigenvalue weighted by Gasteiger charge is 2.39. The minimum Gasteiger partial charge on any atom is -0.376 e. The molecule has 0 saturated carbocycles. The van der Waals surface area contributed by atoms with Gasteiger partial charge in [0.05, 0.1) is 12.2 Å². The molecule has 0 aliphatic carbocycles. The molecule has 2 heterocycles. The van der Waals surface area contributed by atoms with Gasteiger partial charge in [-0.15, -0.1) is 0 Å². The van der Waals surface area contributed by atoms with Crippen LogP contribution in [0.3, 0.4) is 0 Å². The average molecular weight is 138 g/mol. The highest BCUT2D eigenvalue weighted by atomic mass is 16.5. The zero-order chi connectivity index (χ0) is 6.97. The van der Waals surface area contributed by atoms with Gasteiger partial charge in [-0.05, 0) is 6.42 Å². The molecule has 3 nitrogen and oxygen atoms in total. The number of nitrogens with zero attached hydrogens (tertiary/aromatic N) is 1. The Morgan fingerprint density at radius 1 is 1.60 bits per heavy atom. The van der Waals surface area contributed by atoms with Crippen molar-refractivity contribution in [2.75, 3.05) is 13.2 Å². The summed E-state index contributed by atoms with van der Waals surface area (Å²) in [6.45, 7) is 1.71. The summed E-state index contributed by atoms with van der Waals surface area (Å²) in [7, 11) is 0. The Kier molecular flexibility index (Phi) is 1.37. The van der Waals surface area contributed by atoms with Crippen LogP contribution in [0.4, 0.5) is 0 Å². The third-order valence-electron chi connectivity index (χ3n) is 2.37. The van der Waals surface area contributed by atoms with Gasteiger partial charge < -0.3 is 4.74 Å². The molecule has 3 unspecified atom stereocenters. The monoisotopic (exact) mass is 138 g/mol. The maximum atomic E-state index is 8.65. The Bertz CT molecular complexity index is 175. The first kappa shape index (κ1) is 6.14. The van der Waals surface area contributed by atoms with Crippen molar-refractivity contribution in [1.29, 1.82) is 5.26 Å². The Morgan fingerprint density at radius 2 is 2.50 bits per heavy atom. The molecule has 3 atom stereocenters. The zero-order valence-electron chi connectivity index (χ0n) is 5.71. The highest BCUT2D eigenvalue weighted by molar-refractivity contribution is 5.05. The fourth-order valence-electron chi connectivity index (χ4n) is 1.79. The molecule has 0 bridgehead atoms. The number of hydrogen-bond donors (Lipinski definition) is 1. The van der Waals surface area contributed by atoms with Crippen molar-refractivity contribution in [3.05, 3.63) is 0 Å². The van der Waals surface area contributed by atoms with Crippen LogP contribution in [0, 0.1) is 17.2 Å². The van der Waals surface area contributed by atoms with Gasteiger partial charge in [0.25, 0.3) is 0 Å². The first-order chi connectivity index (χ1) is 4.92. The molecule has 2 rings (SSSR count). The molecule has 2 aliphatic heterocycles. The van der Waals surface area contributed by atoms with Crippen molar-refractivity contribution >= 4 is 0 Å². The van der Waals surface area contributed by atoms with E-state index in [4.69, 9.17) is 10.00 Å². The predicted molar refractivity (Wildman–Crippen MR) is 35.3 cm³/mol. The van der Waals surface area contributed by atoms with Gasteiger partial charge in [0.15, 0.2) is 0 Å². The summed E-state index contributed by atoms with van der Waals surface area (Å²) < 4.78 is 5.40. The Hall–Kier alpha value is -0.590. The van der Waals surface area contributed by atoms with Gasteiger partial charge in [0.1, 0.15) is 6.04 Å². The van der Waals surface area contributed by atoms with Crippen LogP contribution in [0.5, 0.6) is 0 Å². The number of ether oxygens (including phenoxy) is 1. The molecule has 0 radical (unpaired) electrons. The minimum atomic E-state index is 0.0486. The molecule has 3 heteroatoms. The minimum absolute atomic E-state index is 0.0486. The standard InChI is InChI=1S/C7H10N2O/c8-3-6-5-1-2-10-7(5)4-9-6/h5-7,9H,1-2,4H2. The second-order valence-electron chi connectivity index (χ2n) is 2.88. The number of hydrogen-bond acceptors (Lipinski definition) is 3. The van der Waals surface area contributed by atoms with Gasteiger partial charge >= 0.3 is 0 Å². The summed E-state index contributed by atoms with van der Waals surface area (Å²) in [5.41, 5.74) is 0. The van der Waals surface area contributed by atoms with Crippen molar-refractivity contribution in [1.82, 2.24) is 5.32 Å². The van der Waals surface area contributed by atoms with Crippen LogP contribution in [-0.2, 0) is 4.74 Å². The number of nitrogens with one attached hydrogen (secondary N) is 1. The molecule has 1 N–H and O–H groups in total. The quantitative estimate of drug-likeness (QED) is 0.508. The van der Waals surface area contributed by atoms with Gasteiger partial charge in [0, 0.05) is 19.1 Å². The fraction of sp³-hybridized carbons (Fsp3) is 0.857. The second kappa shape index (κ2) is 2.22. The topological polar surface area (TPSA) is 45.0 Å².